The number of hydrogen-bond donors (Lipinski definition) is 2. The Hall–Kier alpha value is 0.940. The number of carboxylic acid groups (broad SMARTS) is 2. The topological polar surface area (TPSA) is 74.6 Å². The van der Waals surface area contributed by atoms with Gasteiger partial charge in [-0.15, -0.1) is 0 Å². The van der Waals surface area contributed by atoms with Gasteiger partial charge in [0, 0.05) is 59.1 Å². The normalized spacial score (nSPS) is 30.1. The Bertz CT molecular complexity index is 367. The van der Waals surface area contributed by atoms with Crippen LogP contribution in [0.1, 0.15) is 70.6 Å². The first-order chi connectivity index (χ1) is 9.59. The van der Waals surface area contributed by atoms with Crippen LogP contribution >= 0.6 is 0 Å². The van der Waals surface area contributed by atoms with Gasteiger partial charge in [-0.25, -0.2) is 0 Å². The van der Waals surface area contributed by atoms with E-state index in [1.165, 1.54) is 0 Å². The first-order valence-electron chi connectivity index (χ1n) is 8.05. The van der Waals surface area contributed by atoms with Crippen molar-refractivity contribution >= 4 is 71.1 Å². The molecule has 0 spiro atoms. The Labute approximate surface area is 177 Å². The summed E-state index contributed by atoms with van der Waals surface area (Å²) in [5.41, 5.74) is -1.02. The molecule has 6 heteroatoms. The zero-order chi connectivity index (χ0) is 14.6. The number of rotatable bonds is 3. The SMILES string of the molecule is O=C(O)C1CCCCCC1(C(=O)O)C1CCCCCC1.[Na].[Na]. The van der Waals surface area contributed by atoms with Gasteiger partial charge in [0.05, 0.1) is 11.3 Å². The first kappa shape index (κ1) is 22.9. The minimum Gasteiger partial charge on any atom is -0.481 e. The average molecular weight is 328 g/mol. The minimum atomic E-state index is -1.02. The van der Waals surface area contributed by atoms with E-state index < -0.39 is 23.3 Å². The Balaban J connectivity index is 0.00000220. The van der Waals surface area contributed by atoms with E-state index in [1.54, 1.807) is 0 Å². The van der Waals surface area contributed by atoms with Crippen molar-refractivity contribution in [2.75, 3.05) is 0 Å². The van der Waals surface area contributed by atoms with Crippen LogP contribution in [-0.2, 0) is 9.59 Å². The number of hydrogen-bond acceptors (Lipinski definition) is 2. The third-order valence-corrected chi connectivity index (χ3v) is 5.49. The van der Waals surface area contributed by atoms with Crippen LogP contribution in [0.2, 0.25) is 0 Å². The van der Waals surface area contributed by atoms with Crippen LogP contribution < -0.4 is 0 Å². The van der Waals surface area contributed by atoms with Crippen LogP contribution in [0.25, 0.3) is 0 Å². The van der Waals surface area contributed by atoms with Gasteiger partial charge in [-0.3, -0.25) is 9.59 Å². The second-order valence-corrected chi connectivity index (χ2v) is 6.52. The molecule has 2 aliphatic carbocycles. The first-order valence-corrected chi connectivity index (χ1v) is 8.05. The molecule has 2 unspecified atom stereocenters. The van der Waals surface area contributed by atoms with Gasteiger partial charge in [0.2, 0.25) is 0 Å². The Morgan fingerprint density at radius 3 is 1.77 bits per heavy atom. The molecule has 2 fully saturated rings. The number of carbonyl (C=O) groups is 2. The Kier molecular flexibility index (Phi) is 11.2. The van der Waals surface area contributed by atoms with Crippen molar-refractivity contribution in [3.8, 4) is 0 Å². The molecule has 0 bridgehead atoms. The quantitative estimate of drug-likeness (QED) is 0.617. The van der Waals surface area contributed by atoms with Crippen LogP contribution in [0, 0.1) is 17.3 Å². The van der Waals surface area contributed by atoms with Crippen molar-refractivity contribution in [3.63, 3.8) is 0 Å². The molecule has 4 nitrogen and oxygen atoms in total. The number of aliphatic carboxylic acids is 2. The summed E-state index contributed by atoms with van der Waals surface area (Å²) in [6.45, 7) is 0. The van der Waals surface area contributed by atoms with Crippen molar-refractivity contribution in [2.45, 2.75) is 70.6 Å². The molecule has 2 rings (SSSR count). The summed E-state index contributed by atoms with van der Waals surface area (Å²) >= 11 is 0. The third-order valence-electron chi connectivity index (χ3n) is 5.49. The van der Waals surface area contributed by atoms with Crippen LogP contribution in [-0.4, -0.2) is 81.3 Å². The maximum atomic E-state index is 12.1. The van der Waals surface area contributed by atoms with E-state index >= 15 is 0 Å². The molecule has 2 atom stereocenters. The van der Waals surface area contributed by atoms with Gasteiger partial charge in [-0.2, -0.15) is 0 Å². The fraction of sp³-hybridized carbons (Fsp3) is 0.875. The summed E-state index contributed by atoms with van der Waals surface area (Å²) in [7, 11) is 0. The summed E-state index contributed by atoms with van der Waals surface area (Å²) in [6.07, 6.45) is 9.91. The van der Waals surface area contributed by atoms with Gasteiger partial charge < -0.3 is 10.2 Å². The molecule has 116 valence electrons. The fourth-order valence-corrected chi connectivity index (χ4v) is 4.43. The molecule has 0 heterocycles. The summed E-state index contributed by atoms with van der Waals surface area (Å²) in [5, 5.41) is 19.5. The van der Waals surface area contributed by atoms with E-state index in [9.17, 15) is 19.8 Å². The van der Waals surface area contributed by atoms with Crippen molar-refractivity contribution in [1.82, 2.24) is 0 Å². The molecule has 0 amide bonds. The van der Waals surface area contributed by atoms with E-state index in [4.69, 9.17) is 0 Å². The largest absolute Gasteiger partial charge is 0.481 e. The molecule has 22 heavy (non-hydrogen) atoms. The second kappa shape index (κ2) is 10.7. The molecule has 2 aliphatic rings. The van der Waals surface area contributed by atoms with Crippen LogP contribution in [0.5, 0.6) is 0 Å². The fourth-order valence-electron chi connectivity index (χ4n) is 4.43. The van der Waals surface area contributed by atoms with E-state index in [0.717, 1.165) is 57.8 Å². The second-order valence-electron chi connectivity index (χ2n) is 6.52. The van der Waals surface area contributed by atoms with Gasteiger partial charge in [0.1, 0.15) is 0 Å². The molecular formula is C16H26Na2O4. The van der Waals surface area contributed by atoms with E-state index in [0.29, 0.717) is 12.8 Å². The van der Waals surface area contributed by atoms with Crippen molar-refractivity contribution in [2.24, 2.45) is 17.3 Å². The molecule has 0 aromatic carbocycles. The minimum absolute atomic E-state index is 0. The predicted octanol–water partition coefficient (Wildman–Crippen LogP) is 2.93. The van der Waals surface area contributed by atoms with E-state index in [2.05, 4.69) is 0 Å². The molecule has 0 aromatic rings. The molecular weight excluding hydrogens is 302 g/mol. The standard InChI is InChI=1S/C16H26O4.2Na/c17-14(18)13-10-6-3-7-11-16(13,15(19)20)12-8-4-1-2-5-9-12;;/h12-13H,1-11H2,(H,17,18)(H,19,20);;. The molecule has 2 radical (unpaired) electrons. The van der Waals surface area contributed by atoms with Gasteiger partial charge in [0.15, 0.2) is 0 Å². The summed E-state index contributed by atoms with van der Waals surface area (Å²) in [6, 6.07) is 0. The zero-order valence-corrected chi connectivity index (χ0v) is 18.1. The smallest absolute Gasteiger partial charge is 0.310 e. The van der Waals surface area contributed by atoms with E-state index in [-0.39, 0.29) is 65.0 Å². The monoisotopic (exact) mass is 328 g/mol. The molecule has 0 aromatic heterocycles. The van der Waals surface area contributed by atoms with Crippen LogP contribution in [0.3, 0.4) is 0 Å². The average Bonchev–Trinajstić information content (AvgIpc) is 2.79. The van der Waals surface area contributed by atoms with Gasteiger partial charge >= 0.3 is 11.9 Å². The molecule has 0 aliphatic heterocycles. The zero-order valence-electron chi connectivity index (χ0n) is 14.1. The van der Waals surface area contributed by atoms with Crippen molar-refractivity contribution in [1.29, 1.82) is 0 Å². The number of carboxylic acids is 2. The van der Waals surface area contributed by atoms with Crippen molar-refractivity contribution in [3.05, 3.63) is 0 Å². The molecule has 2 N–H and O–H groups in total. The van der Waals surface area contributed by atoms with Crippen molar-refractivity contribution < 1.29 is 19.8 Å². The summed E-state index contributed by atoms with van der Waals surface area (Å²) < 4.78 is 0. The molecule has 2 saturated carbocycles. The van der Waals surface area contributed by atoms with Crippen LogP contribution in [0.15, 0.2) is 0 Å². The molecule has 0 saturated heterocycles. The van der Waals surface area contributed by atoms with Crippen LogP contribution in [0.4, 0.5) is 0 Å². The maximum absolute atomic E-state index is 12.1. The predicted molar refractivity (Wildman–Crippen MR) is 87.0 cm³/mol. The van der Waals surface area contributed by atoms with Gasteiger partial charge in [-0.1, -0.05) is 44.9 Å². The third kappa shape index (κ3) is 4.97. The van der Waals surface area contributed by atoms with Gasteiger partial charge in [-0.05, 0) is 31.6 Å². The van der Waals surface area contributed by atoms with Gasteiger partial charge in [0.25, 0.3) is 0 Å². The summed E-state index contributed by atoms with van der Waals surface area (Å²) in [5.74, 6) is -2.43. The van der Waals surface area contributed by atoms with E-state index in [1.807, 2.05) is 0 Å². The Morgan fingerprint density at radius 1 is 0.773 bits per heavy atom. The maximum Gasteiger partial charge on any atom is 0.310 e. The summed E-state index contributed by atoms with van der Waals surface area (Å²) in [4.78, 5) is 23.8. The Morgan fingerprint density at radius 2 is 1.27 bits per heavy atom.